The minimum absolute atomic E-state index is 0.115. The molecule has 1 aliphatic carbocycles. The maximum Gasteiger partial charge on any atom is 0.252 e. The van der Waals surface area contributed by atoms with Crippen LogP contribution in [0.25, 0.3) is 10.8 Å². The second-order valence-corrected chi connectivity index (χ2v) is 11.6. The predicted molar refractivity (Wildman–Crippen MR) is 141 cm³/mol. The molecule has 1 unspecified atom stereocenters. The molecule has 2 amide bonds. The number of hydrogen-bond acceptors (Lipinski definition) is 4. The molecule has 0 spiro atoms. The van der Waals surface area contributed by atoms with E-state index in [1.165, 1.54) is 9.88 Å². The van der Waals surface area contributed by atoms with Crippen LogP contribution in [0, 0.1) is 0 Å². The molecule has 0 radical (unpaired) electrons. The van der Waals surface area contributed by atoms with Crippen LogP contribution < -0.4 is 4.90 Å². The van der Waals surface area contributed by atoms with Gasteiger partial charge >= 0.3 is 0 Å². The Morgan fingerprint density at radius 1 is 0.944 bits per heavy atom. The molecule has 3 aromatic carbocycles. The Bertz CT molecular complexity index is 1450. The molecule has 0 saturated carbocycles. The zero-order chi connectivity index (χ0) is 25.3. The Labute approximate surface area is 216 Å². The van der Waals surface area contributed by atoms with Gasteiger partial charge < -0.3 is 0 Å². The highest BCUT2D eigenvalue weighted by molar-refractivity contribution is 7.89. The molecule has 2 aliphatic rings. The molecule has 36 heavy (non-hydrogen) atoms. The number of amides is 2. The highest BCUT2D eigenvalue weighted by Gasteiger charge is 2.46. The third-order valence-electron chi connectivity index (χ3n) is 6.92. The first kappa shape index (κ1) is 24.7. The van der Waals surface area contributed by atoms with E-state index in [-0.39, 0.29) is 17.9 Å². The number of allylic oxidation sites excluding steroid dienone is 1. The van der Waals surface area contributed by atoms with E-state index in [1.54, 1.807) is 42.5 Å². The van der Waals surface area contributed by atoms with Crippen molar-refractivity contribution in [1.82, 2.24) is 4.31 Å². The van der Waals surface area contributed by atoms with Crippen molar-refractivity contribution in [2.75, 3.05) is 11.4 Å². The summed E-state index contributed by atoms with van der Waals surface area (Å²) in [6.45, 7) is 0.138. The van der Waals surface area contributed by atoms with Crippen molar-refractivity contribution in [3.8, 4) is 0 Å². The van der Waals surface area contributed by atoms with Crippen LogP contribution in [-0.4, -0.2) is 37.1 Å². The fourth-order valence-corrected chi connectivity index (χ4v) is 6.74. The van der Waals surface area contributed by atoms with Gasteiger partial charge in [-0.3, -0.25) is 9.59 Å². The average molecular weight is 523 g/mol. The Kier molecular flexibility index (Phi) is 6.97. The van der Waals surface area contributed by atoms with Crippen LogP contribution in [-0.2, 0) is 19.6 Å². The summed E-state index contributed by atoms with van der Waals surface area (Å²) in [5.41, 5.74) is 1.58. The zero-order valence-electron chi connectivity index (χ0n) is 19.8. The standard InChI is InChI=1S/C28H27ClN2O4S/c29-23-11-13-24(14-12-23)31-27(32)19-26(28(31)33)30(17-16-20-6-2-1-3-7-20)36(34,35)25-15-10-21-8-4-5-9-22(21)18-25/h4-6,8-15,18,26H,1-3,7,16-17,19H2. The number of imide groups is 1. The summed E-state index contributed by atoms with van der Waals surface area (Å²) in [6, 6.07) is 17.8. The number of carbonyl (C=O) groups excluding carboxylic acids is 2. The molecule has 0 N–H and O–H groups in total. The molecule has 1 saturated heterocycles. The second-order valence-electron chi connectivity index (χ2n) is 9.25. The van der Waals surface area contributed by atoms with Crippen molar-refractivity contribution >= 4 is 49.9 Å². The van der Waals surface area contributed by atoms with E-state index in [0.717, 1.165) is 41.4 Å². The van der Waals surface area contributed by atoms with Crippen LogP contribution in [0.4, 0.5) is 5.69 Å². The first-order valence-electron chi connectivity index (χ1n) is 12.2. The van der Waals surface area contributed by atoms with Crippen LogP contribution in [0.5, 0.6) is 0 Å². The quantitative estimate of drug-likeness (QED) is 0.294. The molecule has 186 valence electrons. The van der Waals surface area contributed by atoms with E-state index in [0.29, 0.717) is 17.1 Å². The Balaban J connectivity index is 1.51. The van der Waals surface area contributed by atoms with Crippen molar-refractivity contribution in [3.63, 3.8) is 0 Å². The summed E-state index contributed by atoms with van der Waals surface area (Å²) in [4.78, 5) is 27.7. The molecule has 3 aromatic rings. The minimum atomic E-state index is -4.06. The van der Waals surface area contributed by atoms with E-state index >= 15 is 0 Å². The Hall–Kier alpha value is -3.00. The lowest BCUT2D eigenvalue weighted by Gasteiger charge is -2.28. The molecular weight excluding hydrogens is 496 g/mol. The summed E-state index contributed by atoms with van der Waals surface area (Å²) < 4.78 is 29.2. The molecule has 1 aliphatic heterocycles. The van der Waals surface area contributed by atoms with E-state index < -0.39 is 27.9 Å². The van der Waals surface area contributed by atoms with Gasteiger partial charge in [-0.15, -0.1) is 0 Å². The lowest BCUT2D eigenvalue weighted by atomic mass is 9.97. The maximum absolute atomic E-state index is 14.0. The molecule has 1 atom stereocenters. The maximum atomic E-state index is 14.0. The molecule has 8 heteroatoms. The van der Waals surface area contributed by atoms with Crippen molar-refractivity contribution in [2.24, 2.45) is 0 Å². The third-order valence-corrected chi connectivity index (χ3v) is 9.08. The van der Waals surface area contributed by atoms with Gasteiger partial charge in [-0.25, -0.2) is 13.3 Å². The van der Waals surface area contributed by atoms with Crippen molar-refractivity contribution in [1.29, 1.82) is 0 Å². The normalized spacial score (nSPS) is 18.8. The smallest absolute Gasteiger partial charge is 0.252 e. The fraction of sp³-hybridized carbons (Fsp3) is 0.286. The van der Waals surface area contributed by atoms with Crippen molar-refractivity contribution in [2.45, 2.75) is 49.5 Å². The first-order valence-corrected chi connectivity index (χ1v) is 14.0. The van der Waals surface area contributed by atoms with Crippen LogP contribution in [0.1, 0.15) is 38.5 Å². The summed E-state index contributed by atoms with van der Waals surface area (Å²) in [5, 5.41) is 2.21. The number of anilines is 1. The van der Waals surface area contributed by atoms with Crippen molar-refractivity contribution < 1.29 is 18.0 Å². The number of hydrogen-bond donors (Lipinski definition) is 0. The lowest BCUT2D eigenvalue weighted by molar-refractivity contribution is -0.122. The molecular formula is C28H27ClN2O4S. The molecule has 1 fully saturated rings. The summed E-state index contributed by atoms with van der Waals surface area (Å²) >= 11 is 5.97. The van der Waals surface area contributed by atoms with Crippen LogP contribution in [0.2, 0.25) is 5.02 Å². The molecule has 0 bridgehead atoms. The predicted octanol–water partition coefficient (Wildman–Crippen LogP) is 5.71. The number of carbonyl (C=O) groups is 2. The topological polar surface area (TPSA) is 74.8 Å². The van der Waals surface area contributed by atoms with E-state index in [1.807, 2.05) is 24.3 Å². The zero-order valence-corrected chi connectivity index (χ0v) is 21.3. The van der Waals surface area contributed by atoms with Crippen LogP contribution in [0.15, 0.2) is 83.3 Å². The van der Waals surface area contributed by atoms with E-state index in [9.17, 15) is 18.0 Å². The Morgan fingerprint density at radius 2 is 1.69 bits per heavy atom. The van der Waals surface area contributed by atoms with Gasteiger partial charge in [-0.2, -0.15) is 4.31 Å². The minimum Gasteiger partial charge on any atom is -0.274 e. The SMILES string of the molecule is O=C1CC(N(CCC2=CCCCC2)S(=O)(=O)c2ccc3ccccc3c2)C(=O)N1c1ccc(Cl)cc1. The lowest BCUT2D eigenvalue weighted by Crippen LogP contribution is -2.46. The number of halogens is 1. The molecule has 6 nitrogen and oxygen atoms in total. The summed E-state index contributed by atoms with van der Waals surface area (Å²) in [7, 11) is -4.06. The van der Waals surface area contributed by atoms with E-state index in [2.05, 4.69) is 6.08 Å². The number of rotatable bonds is 7. The van der Waals surface area contributed by atoms with Gasteiger partial charge in [0.05, 0.1) is 17.0 Å². The number of benzene rings is 3. The molecule has 0 aromatic heterocycles. The third kappa shape index (κ3) is 4.83. The van der Waals surface area contributed by atoms with Crippen LogP contribution >= 0.6 is 11.6 Å². The average Bonchev–Trinajstić information content (AvgIpc) is 3.18. The molecule has 5 rings (SSSR count). The van der Waals surface area contributed by atoms with Crippen LogP contribution in [0.3, 0.4) is 0 Å². The van der Waals surface area contributed by atoms with Crippen molar-refractivity contribution in [3.05, 3.63) is 83.4 Å². The fourth-order valence-electron chi connectivity index (χ4n) is 4.99. The highest BCUT2D eigenvalue weighted by Crippen LogP contribution is 2.32. The van der Waals surface area contributed by atoms with Gasteiger partial charge in [-0.1, -0.05) is 53.6 Å². The highest BCUT2D eigenvalue weighted by atomic mass is 35.5. The number of nitrogens with zero attached hydrogens (tertiary/aromatic N) is 2. The van der Waals surface area contributed by atoms with Gasteiger partial charge in [0.1, 0.15) is 6.04 Å². The summed E-state index contributed by atoms with van der Waals surface area (Å²) in [5.74, 6) is -0.966. The van der Waals surface area contributed by atoms with Gasteiger partial charge in [0.15, 0.2) is 0 Å². The van der Waals surface area contributed by atoms with Gasteiger partial charge in [0.25, 0.3) is 5.91 Å². The number of fused-ring (bicyclic) bond motifs is 1. The van der Waals surface area contributed by atoms with Gasteiger partial charge in [0, 0.05) is 11.6 Å². The second kappa shape index (κ2) is 10.2. The monoisotopic (exact) mass is 522 g/mol. The largest absolute Gasteiger partial charge is 0.274 e. The Morgan fingerprint density at radius 3 is 2.42 bits per heavy atom. The van der Waals surface area contributed by atoms with Gasteiger partial charge in [0.2, 0.25) is 15.9 Å². The number of sulfonamides is 1. The van der Waals surface area contributed by atoms with Gasteiger partial charge in [-0.05, 0) is 79.3 Å². The molecule has 1 heterocycles. The summed E-state index contributed by atoms with van der Waals surface area (Å²) in [6.07, 6.45) is 6.63. The van der Waals surface area contributed by atoms with E-state index in [4.69, 9.17) is 11.6 Å². The first-order chi connectivity index (χ1) is 17.3.